The molecule has 0 atom stereocenters. The maximum atomic E-state index is 11.8. The molecule has 0 radical (unpaired) electrons. The lowest BCUT2D eigenvalue weighted by molar-refractivity contribution is -0.143. The fourth-order valence-corrected chi connectivity index (χ4v) is 1.95. The summed E-state index contributed by atoms with van der Waals surface area (Å²) in [5, 5.41) is 7.22. The fourth-order valence-electron chi connectivity index (χ4n) is 1.95. The van der Waals surface area contributed by atoms with E-state index in [1.54, 1.807) is 30.3 Å². The Hall–Kier alpha value is -3.75. The topological polar surface area (TPSA) is 134 Å². The number of nitrogens with zero attached hydrogens (tertiary/aromatic N) is 2. The minimum atomic E-state index is -0.587. The van der Waals surface area contributed by atoms with Gasteiger partial charge in [0.05, 0.1) is 19.0 Å². The summed E-state index contributed by atoms with van der Waals surface area (Å²) in [6.07, 6.45) is 1.45. The number of hydrogen-bond donors (Lipinski definition) is 3. The average Bonchev–Trinajstić information content (AvgIpc) is 2.66. The van der Waals surface area contributed by atoms with E-state index in [-0.39, 0.29) is 12.6 Å². The first-order valence-corrected chi connectivity index (χ1v) is 7.93. The number of nitrogens with one attached hydrogen (secondary N) is 1. The number of methoxy groups -OCH3 is 1. The summed E-state index contributed by atoms with van der Waals surface area (Å²) in [6, 6.07) is 12.4. The van der Waals surface area contributed by atoms with Crippen LogP contribution >= 0.6 is 0 Å². The van der Waals surface area contributed by atoms with Gasteiger partial charge in [0, 0.05) is 0 Å². The van der Waals surface area contributed by atoms with Crippen molar-refractivity contribution in [1.29, 1.82) is 0 Å². The zero-order valence-electron chi connectivity index (χ0n) is 15.0. The summed E-state index contributed by atoms with van der Waals surface area (Å²) in [6.45, 7) is 1.67. The lowest BCUT2D eigenvalue weighted by Crippen LogP contribution is -2.21. The summed E-state index contributed by atoms with van der Waals surface area (Å²) in [7, 11) is 1.48. The van der Waals surface area contributed by atoms with Crippen molar-refractivity contribution in [1.82, 2.24) is 0 Å². The van der Waals surface area contributed by atoms with Crippen molar-refractivity contribution in [3.05, 3.63) is 53.6 Å². The van der Waals surface area contributed by atoms with Crippen LogP contribution in [0.1, 0.15) is 11.1 Å². The first-order valence-electron chi connectivity index (χ1n) is 7.93. The van der Waals surface area contributed by atoms with Crippen LogP contribution in [0.15, 0.2) is 52.7 Å². The Morgan fingerprint density at radius 1 is 1.15 bits per heavy atom. The predicted octanol–water partition coefficient (Wildman–Crippen LogP) is 1.56. The molecule has 2 aromatic rings. The molecule has 0 saturated carbocycles. The zero-order valence-corrected chi connectivity index (χ0v) is 15.0. The Labute approximate surface area is 156 Å². The number of ether oxygens (including phenoxy) is 2. The average molecular weight is 371 g/mol. The van der Waals surface area contributed by atoms with Gasteiger partial charge < -0.3 is 25.8 Å². The van der Waals surface area contributed by atoms with E-state index in [9.17, 15) is 4.79 Å². The molecule has 0 unspecified atom stereocenters. The minimum absolute atomic E-state index is 0.143. The van der Waals surface area contributed by atoms with Gasteiger partial charge in [0.1, 0.15) is 0 Å². The van der Waals surface area contributed by atoms with Gasteiger partial charge in [-0.1, -0.05) is 17.7 Å². The molecule has 2 rings (SSSR count). The maximum Gasteiger partial charge on any atom is 0.369 e. The quantitative estimate of drug-likeness (QED) is 0.364. The molecule has 2 aromatic carbocycles. The van der Waals surface area contributed by atoms with Crippen molar-refractivity contribution in [2.24, 2.45) is 21.7 Å². The van der Waals surface area contributed by atoms with Crippen LogP contribution in [0.5, 0.6) is 11.5 Å². The Morgan fingerprint density at radius 2 is 1.89 bits per heavy atom. The van der Waals surface area contributed by atoms with Crippen molar-refractivity contribution < 1.29 is 19.1 Å². The fraction of sp³-hybridized carbons (Fsp3) is 0.167. The SMILES string of the molecule is COc1cc(C=NN=C(N)N)ccc1OCC(=O)ONc1ccc(C)cc1. The van der Waals surface area contributed by atoms with E-state index in [2.05, 4.69) is 15.7 Å². The van der Waals surface area contributed by atoms with E-state index in [0.29, 0.717) is 22.7 Å². The van der Waals surface area contributed by atoms with Crippen LogP contribution in [-0.2, 0) is 9.63 Å². The van der Waals surface area contributed by atoms with Crippen LogP contribution in [-0.4, -0.2) is 31.9 Å². The standard InChI is InChI=1S/C18H21N5O4/c1-12-3-6-14(7-4-12)23-27-17(24)11-26-15-8-5-13(9-16(15)25-2)10-21-22-18(19)20/h3-10,23H,11H2,1-2H3,(H4,19,20,22). The summed E-state index contributed by atoms with van der Waals surface area (Å²) in [5.74, 6) is 0.0682. The molecule has 0 saturated heterocycles. The van der Waals surface area contributed by atoms with Crippen LogP contribution in [0.2, 0.25) is 0 Å². The molecular weight excluding hydrogens is 350 g/mol. The third kappa shape index (κ3) is 6.58. The van der Waals surface area contributed by atoms with Gasteiger partial charge in [-0.2, -0.15) is 5.10 Å². The van der Waals surface area contributed by atoms with Crippen LogP contribution in [0, 0.1) is 6.92 Å². The van der Waals surface area contributed by atoms with E-state index < -0.39 is 5.97 Å². The Balaban J connectivity index is 1.90. The number of carbonyl (C=O) groups excluding carboxylic acids is 1. The molecule has 5 N–H and O–H groups in total. The van der Waals surface area contributed by atoms with Crippen molar-refractivity contribution in [3.63, 3.8) is 0 Å². The van der Waals surface area contributed by atoms with E-state index in [1.807, 2.05) is 19.1 Å². The van der Waals surface area contributed by atoms with Gasteiger partial charge in [-0.05, 0) is 42.8 Å². The monoisotopic (exact) mass is 371 g/mol. The van der Waals surface area contributed by atoms with Crippen LogP contribution in [0.3, 0.4) is 0 Å². The Kier molecular flexibility index (Phi) is 7.00. The number of carbonyl (C=O) groups is 1. The molecule has 27 heavy (non-hydrogen) atoms. The van der Waals surface area contributed by atoms with E-state index in [4.69, 9.17) is 25.8 Å². The smallest absolute Gasteiger partial charge is 0.369 e. The van der Waals surface area contributed by atoms with Gasteiger partial charge in [0.15, 0.2) is 18.1 Å². The van der Waals surface area contributed by atoms with Crippen molar-refractivity contribution in [2.75, 3.05) is 19.2 Å². The molecule has 0 fully saturated rings. The number of guanidine groups is 1. The molecule has 0 heterocycles. The molecule has 9 nitrogen and oxygen atoms in total. The summed E-state index contributed by atoms with van der Waals surface area (Å²) in [5.41, 5.74) is 15.4. The summed E-state index contributed by atoms with van der Waals surface area (Å²) < 4.78 is 10.7. The highest BCUT2D eigenvalue weighted by Crippen LogP contribution is 2.27. The van der Waals surface area contributed by atoms with Gasteiger partial charge in [0.2, 0.25) is 5.96 Å². The lowest BCUT2D eigenvalue weighted by atomic mass is 10.2. The van der Waals surface area contributed by atoms with Crippen LogP contribution < -0.4 is 26.4 Å². The third-order valence-corrected chi connectivity index (χ3v) is 3.25. The van der Waals surface area contributed by atoms with E-state index >= 15 is 0 Å². The largest absolute Gasteiger partial charge is 0.493 e. The Bertz CT molecular complexity index is 830. The Morgan fingerprint density at radius 3 is 2.56 bits per heavy atom. The molecule has 0 aromatic heterocycles. The van der Waals surface area contributed by atoms with Gasteiger partial charge in [-0.3, -0.25) is 0 Å². The van der Waals surface area contributed by atoms with Crippen molar-refractivity contribution >= 4 is 23.8 Å². The van der Waals surface area contributed by atoms with E-state index in [1.165, 1.54) is 13.3 Å². The first-order chi connectivity index (χ1) is 13.0. The minimum Gasteiger partial charge on any atom is -0.493 e. The molecule has 0 aliphatic rings. The molecule has 142 valence electrons. The number of anilines is 1. The second kappa shape index (κ2) is 9.66. The van der Waals surface area contributed by atoms with Gasteiger partial charge in [-0.25, -0.2) is 10.3 Å². The van der Waals surface area contributed by atoms with Gasteiger partial charge in [-0.15, -0.1) is 5.10 Å². The number of nitrogens with two attached hydrogens (primary N) is 2. The highest BCUT2D eigenvalue weighted by molar-refractivity contribution is 5.82. The number of aryl methyl sites for hydroxylation is 1. The molecule has 0 aliphatic carbocycles. The van der Waals surface area contributed by atoms with E-state index in [0.717, 1.165) is 5.56 Å². The normalized spacial score (nSPS) is 10.3. The summed E-state index contributed by atoms with van der Waals surface area (Å²) >= 11 is 0. The van der Waals surface area contributed by atoms with Crippen LogP contribution in [0.25, 0.3) is 0 Å². The third-order valence-electron chi connectivity index (χ3n) is 3.25. The molecule has 0 aliphatic heterocycles. The molecule has 0 spiro atoms. The molecular formula is C18H21N5O4. The number of hydrogen-bond acceptors (Lipinski definition) is 7. The summed E-state index contributed by atoms with van der Waals surface area (Å²) in [4.78, 5) is 16.8. The second-order valence-corrected chi connectivity index (χ2v) is 5.41. The van der Waals surface area contributed by atoms with Gasteiger partial charge in [0.25, 0.3) is 0 Å². The predicted molar refractivity (Wildman–Crippen MR) is 103 cm³/mol. The second-order valence-electron chi connectivity index (χ2n) is 5.41. The maximum absolute atomic E-state index is 11.8. The van der Waals surface area contributed by atoms with Crippen molar-refractivity contribution in [2.45, 2.75) is 6.92 Å². The zero-order chi connectivity index (χ0) is 19.6. The first kappa shape index (κ1) is 19.6. The highest BCUT2D eigenvalue weighted by Gasteiger charge is 2.09. The number of benzene rings is 2. The molecule has 0 amide bonds. The van der Waals surface area contributed by atoms with Crippen LogP contribution in [0.4, 0.5) is 5.69 Å². The molecule has 0 bridgehead atoms. The molecule has 9 heteroatoms. The van der Waals surface area contributed by atoms with Crippen molar-refractivity contribution in [3.8, 4) is 11.5 Å². The highest BCUT2D eigenvalue weighted by atomic mass is 16.7. The van der Waals surface area contributed by atoms with Gasteiger partial charge >= 0.3 is 5.97 Å². The number of rotatable bonds is 8. The lowest BCUT2D eigenvalue weighted by Gasteiger charge is -2.11.